The summed E-state index contributed by atoms with van der Waals surface area (Å²) in [5.41, 5.74) is 6.96. The van der Waals surface area contributed by atoms with Gasteiger partial charge in [-0.25, -0.2) is 4.68 Å². The highest BCUT2D eigenvalue weighted by molar-refractivity contribution is 7.98. The average molecular weight is 652 g/mol. The lowest BCUT2D eigenvalue weighted by molar-refractivity contribution is -0.113. The van der Waals surface area contributed by atoms with E-state index in [0.29, 0.717) is 56.9 Å². The first-order chi connectivity index (χ1) is 22.3. The molecule has 0 radical (unpaired) electrons. The van der Waals surface area contributed by atoms with Crippen LogP contribution < -0.4 is 20.1 Å². The van der Waals surface area contributed by atoms with Crippen LogP contribution in [0.4, 0.5) is 11.6 Å². The van der Waals surface area contributed by atoms with E-state index >= 15 is 0 Å². The minimum atomic E-state index is -0.594. The smallest absolute Gasteiger partial charge is 0.255 e. The van der Waals surface area contributed by atoms with Crippen LogP contribution in [0.3, 0.4) is 0 Å². The normalized spacial score (nSPS) is 14.0. The highest BCUT2D eigenvalue weighted by Crippen LogP contribution is 2.40. The summed E-state index contributed by atoms with van der Waals surface area (Å²) in [7, 11) is 1.61. The van der Waals surface area contributed by atoms with Crippen molar-refractivity contribution in [2.24, 2.45) is 0 Å². The first kappa shape index (κ1) is 31.3. The Labute approximate surface area is 277 Å². The van der Waals surface area contributed by atoms with Gasteiger partial charge in [0.25, 0.3) is 5.91 Å². The zero-order chi connectivity index (χ0) is 32.2. The van der Waals surface area contributed by atoms with Crippen molar-refractivity contribution in [2.45, 2.75) is 44.3 Å². The first-order valence-corrected chi connectivity index (χ1v) is 16.2. The lowest BCUT2D eigenvalue weighted by Crippen LogP contribution is -2.31. The fourth-order valence-electron chi connectivity index (χ4n) is 5.41. The Morgan fingerprint density at radius 2 is 1.74 bits per heavy atom. The van der Waals surface area contributed by atoms with Crippen molar-refractivity contribution < 1.29 is 14.3 Å². The second kappa shape index (κ2) is 13.7. The Morgan fingerprint density at radius 3 is 2.50 bits per heavy atom. The molecule has 1 aliphatic heterocycles. The summed E-state index contributed by atoms with van der Waals surface area (Å²) in [6.45, 7) is 6.32. The molecule has 0 aliphatic carbocycles. The van der Waals surface area contributed by atoms with Crippen molar-refractivity contribution in [3.63, 3.8) is 0 Å². The fraction of sp³-hybridized carbons (Fsp3) is 0.194. The zero-order valence-electron chi connectivity index (χ0n) is 26.0. The largest absolute Gasteiger partial charge is 0.493 e. The number of ether oxygens (including phenoxy) is 2. The summed E-state index contributed by atoms with van der Waals surface area (Å²) in [5.74, 6) is 2.04. The molecule has 234 valence electrons. The average Bonchev–Trinajstić information content (AvgIpc) is 3.45. The summed E-state index contributed by atoms with van der Waals surface area (Å²) >= 11 is 7.88. The van der Waals surface area contributed by atoms with Gasteiger partial charge in [-0.1, -0.05) is 89.6 Å². The van der Waals surface area contributed by atoms with Gasteiger partial charge in [-0.2, -0.15) is 4.98 Å². The van der Waals surface area contributed by atoms with Crippen LogP contribution in [0.15, 0.2) is 107 Å². The number of carbonyl (C=O) groups excluding carboxylic acids is 1. The van der Waals surface area contributed by atoms with Crippen LogP contribution in [-0.4, -0.2) is 27.8 Å². The molecule has 1 aliphatic rings. The molecule has 0 bridgehead atoms. The number of amides is 1. The highest BCUT2D eigenvalue weighted by Gasteiger charge is 2.35. The number of benzene rings is 4. The van der Waals surface area contributed by atoms with Crippen molar-refractivity contribution in [3.8, 4) is 11.5 Å². The van der Waals surface area contributed by atoms with Crippen molar-refractivity contribution in [1.82, 2.24) is 14.8 Å². The van der Waals surface area contributed by atoms with Gasteiger partial charge in [0.05, 0.1) is 12.7 Å². The quantitative estimate of drug-likeness (QED) is 0.147. The molecule has 1 aromatic heterocycles. The molecule has 1 unspecified atom stereocenters. The van der Waals surface area contributed by atoms with Gasteiger partial charge in [-0.3, -0.25) is 4.79 Å². The van der Waals surface area contributed by atoms with Crippen LogP contribution in [0.2, 0.25) is 5.02 Å². The number of halogens is 1. The predicted octanol–water partition coefficient (Wildman–Crippen LogP) is 8.36. The van der Waals surface area contributed by atoms with Crippen LogP contribution in [0.5, 0.6) is 11.5 Å². The standard InChI is InChI=1S/C36H34ClN5O3S/c1-22-9-7-11-25(17-22)20-45-30-16-15-26(19-31(30)44-4)33-32(34(43)39-28-13-8-10-23(2)18-28)24(3)38-35-40-36(41-42(33)35)46-21-27-12-5-6-14-29(27)37/h5-19,33H,20-21H2,1-4H3,(H,39,43)(H,38,40,41). The number of aromatic nitrogens is 3. The fourth-order valence-corrected chi connectivity index (χ4v) is 6.53. The van der Waals surface area contributed by atoms with Gasteiger partial charge in [-0.15, -0.1) is 5.10 Å². The minimum absolute atomic E-state index is 0.245. The van der Waals surface area contributed by atoms with Crippen molar-refractivity contribution >= 4 is 40.9 Å². The van der Waals surface area contributed by atoms with Crippen LogP contribution in [-0.2, 0) is 17.2 Å². The van der Waals surface area contributed by atoms with Gasteiger partial charge in [0.2, 0.25) is 11.1 Å². The number of allylic oxidation sites excluding steroid dienone is 1. The molecule has 1 atom stereocenters. The number of anilines is 2. The SMILES string of the molecule is COc1cc(C2C(C(=O)Nc3cccc(C)c3)=C(C)Nc3nc(SCc4ccccc4Cl)nn32)ccc1OCc1cccc(C)c1. The molecule has 4 aromatic carbocycles. The van der Waals surface area contributed by atoms with E-state index in [1.807, 2.05) is 92.7 Å². The third-order valence-corrected chi connectivity index (χ3v) is 8.90. The monoisotopic (exact) mass is 651 g/mol. The highest BCUT2D eigenvalue weighted by atomic mass is 35.5. The number of aryl methyl sites for hydroxylation is 2. The third kappa shape index (κ3) is 6.90. The summed E-state index contributed by atoms with van der Waals surface area (Å²) in [6, 6.07) is 28.8. The maximum atomic E-state index is 14.0. The molecule has 0 saturated heterocycles. The van der Waals surface area contributed by atoms with E-state index in [1.54, 1.807) is 11.8 Å². The van der Waals surface area contributed by atoms with Crippen LogP contribution in [0.1, 0.15) is 40.8 Å². The number of nitrogens with one attached hydrogen (secondary N) is 2. The van der Waals surface area contributed by atoms with E-state index in [0.717, 1.165) is 22.3 Å². The molecule has 46 heavy (non-hydrogen) atoms. The minimum Gasteiger partial charge on any atom is -0.493 e. The second-order valence-electron chi connectivity index (χ2n) is 11.1. The van der Waals surface area contributed by atoms with Gasteiger partial charge in [-0.05, 0) is 73.4 Å². The Morgan fingerprint density at radius 1 is 0.957 bits per heavy atom. The molecule has 8 nitrogen and oxygen atoms in total. The number of nitrogens with zero attached hydrogens (tertiary/aromatic N) is 3. The molecule has 0 spiro atoms. The predicted molar refractivity (Wildman–Crippen MR) is 184 cm³/mol. The van der Waals surface area contributed by atoms with Gasteiger partial charge >= 0.3 is 0 Å². The molecule has 0 saturated carbocycles. The van der Waals surface area contributed by atoms with Gasteiger partial charge in [0.1, 0.15) is 12.6 Å². The van der Waals surface area contributed by atoms with E-state index in [2.05, 4.69) is 29.7 Å². The lowest BCUT2D eigenvalue weighted by atomic mass is 9.94. The number of hydrogen-bond donors (Lipinski definition) is 2. The molecule has 1 amide bonds. The first-order valence-electron chi connectivity index (χ1n) is 14.8. The third-order valence-electron chi connectivity index (χ3n) is 7.65. The van der Waals surface area contributed by atoms with Gasteiger partial charge in [0.15, 0.2) is 11.5 Å². The van der Waals surface area contributed by atoms with Gasteiger partial charge in [0, 0.05) is 22.2 Å². The molecular weight excluding hydrogens is 618 g/mol. The van der Waals surface area contributed by atoms with Crippen LogP contribution >= 0.6 is 23.4 Å². The van der Waals surface area contributed by atoms with E-state index in [-0.39, 0.29) is 5.91 Å². The second-order valence-corrected chi connectivity index (χ2v) is 12.5. The van der Waals surface area contributed by atoms with E-state index in [9.17, 15) is 4.79 Å². The van der Waals surface area contributed by atoms with Crippen LogP contribution in [0, 0.1) is 13.8 Å². The van der Waals surface area contributed by atoms with Crippen molar-refractivity contribution in [3.05, 3.63) is 135 Å². The number of fused-ring (bicyclic) bond motifs is 1. The van der Waals surface area contributed by atoms with Gasteiger partial charge < -0.3 is 20.1 Å². The summed E-state index contributed by atoms with van der Waals surface area (Å²) < 4.78 is 13.7. The molecule has 0 fully saturated rings. The van der Waals surface area contributed by atoms with Crippen molar-refractivity contribution in [2.75, 3.05) is 17.7 Å². The van der Waals surface area contributed by atoms with Crippen molar-refractivity contribution in [1.29, 1.82) is 0 Å². The Balaban J connectivity index is 1.35. The van der Waals surface area contributed by atoms with Crippen LogP contribution in [0.25, 0.3) is 0 Å². The molecule has 5 aromatic rings. The summed E-state index contributed by atoms with van der Waals surface area (Å²) in [5, 5.41) is 12.5. The zero-order valence-corrected chi connectivity index (χ0v) is 27.6. The molecular formula is C36H34ClN5O3S. The number of thioether (sulfide) groups is 1. The Hall–Kier alpha value is -4.73. The maximum absolute atomic E-state index is 14.0. The Kier molecular flexibility index (Phi) is 9.33. The number of carbonyl (C=O) groups is 1. The molecule has 2 heterocycles. The molecule has 6 rings (SSSR count). The van der Waals surface area contributed by atoms with E-state index in [4.69, 9.17) is 31.2 Å². The topological polar surface area (TPSA) is 90.3 Å². The number of hydrogen-bond acceptors (Lipinski definition) is 7. The summed E-state index contributed by atoms with van der Waals surface area (Å²) in [4.78, 5) is 18.8. The maximum Gasteiger partial charge on any atom is 0.255 e. The number of rotatable bonds is 10. The lowest BCUT2D eigenvalue weighted by Gasteiger charge is -2.29. The van der Waals surface area contributed by atoms with E-state index < -0.39 is 6.04 Å². The van der Waals surface area contributed by atoms with E-state index in [1.165, 1.54) is 17.3 Å². The summed E-state index contributed by atoms with van der Waals surface area (Å²) in [6.07, 6.45) is 0. The molecule has 10 heteroatoms. The number of methoxy groups -OCH3 is 1. The molecule has 2 N–H and O–H groups in total. The Bertz CT molecular complexity index is 1940.